The number of rotatable bonds is 8. The molecule has 0 bridgehead atoms. The van der Waals surface area contributed by atoms with Gasteiger partial charge in [0.25, 0.3) is 11.5 Å². The van der Waals surface area contributed by atoms with E-state index < -0.39 is 17.9 Å². The van der Waals surface area contributed by atoms with Crippen molar-refractivity contribution in [1.82, 2.24) is 15.1 Å². The fourth-order valence-corrected chi connectivity index (χ4v) is 2.09. The highest BCUT2D eigenvalue weighted by Gasteiger charge is 2.18. The molecule has 1 amide bonds. The van der Waals surface area contributed by atoms with Gasteiger partial charge in [-0.3, -0.25) is 9.59 Å². The molecule has 1 aromatic heterocycles. The molecule has 0 aliphatic heterocycles. The Kier molecular flexibility index (Phi) is 6.90. The van der Waals surface area contributed by atoms with Crippen molar-refractivity contribution >= 4 is 11.9 Å². The van der Waals surface area contributed by atoms with Crippen LogP contribution in [0.25, 0.3) is 0 Å². The molecule has 0 spiro atoms. The minimum absolute atomic E-state index is 0.0282. The summed E-state index contributed by atoms with van der Waals surface area (Å²) in [5, 5.41) is 6.51. The Labute approximate surface area is 150 Å². The molecule has 1 aromatic carbocycles. The van der Waals surface area contributed by atoms with Crippen LogP contribution in [0.4, 0.5) is 0 Å². The van der Waals surface area contributed by atoms with E-state index >= 15 is 0 Å². The summed E-state index contributed by atoms with van der Waals surface area (Å²) >= 11 is 0. The first-order valence-electron chi connectivity index (χ1n) is 8.24. The van der Waals surface area contributed by atoms with Gasteiger partial charge in [-0.15, -0.1) is 0 Å². The van der Waals surface area contributed by atoms with Gasteiger partial charge >= 0.3 is 5.97 Å². The van der Waals surface area contributed by atoms with E-state index in [0.717, 1.165) is 4.68 Å². The standard InChI is InChI=1S/C18H21N3O5/c1-3-25-18(24)13(2)19-17(23)15-9-10-16(22)21(20-15)11-12-26-14-7-5-4-6-8-14/h4-10,13H,3,11-12H2,1-2H3,(H,19,23). The van der Waals surface area contributed by atoms with Gasteiger partial charge < -0.3 is 14.8 Å². The molecule has 0 radical (unpaired) electrons. The van der Waals surface area contributed by atoms with E-state index in [1.807, 2.05) is 18.2 Å². The Balaban J connectivity index is 1.98. The van der Waals surface area contributed by atoms with Crippen molar-refractivity contribution < 1.29 is 19.1 Å². The zero-order valence-corrected chi connectivity index (χ0v) is 14.7. The molecule has 0 fully saturated rings. The number of hydrogen-bond acceptors (Lipinski definition) is 6. The Morgan fingerprint density at radius 1 is 1.19 bits per heavy atom. The average Bonchev–Trinajstić information content (AvgIpc) is 2.64. The monoisotopic (exact) mass is 359 g/mol. The minimum Gasteiger partial charge on any atom is -0.492 e. The number of esters is 1. The van der Waals surface area contributed by atoms with Crippen molar-refractivity contribution in [3.63, 3.8) is 0 Å². The number of carbonyl (C=O) groups is 2. The second-order valence-corrected chi connectivity index (χ2v) is 5.39. The molecule has 2 aromatic rings. The number of nitrogens with zero attached hydrogens (tertiary/aromatic N) is 2. The van der Waals surface area contributed by atoms with Crippen LogP contribution in [0, 0.1) is 0 Å². The van der Waals surface area contributed by atoms with Gasteiger partial charge in [0, 0.05) is 6.07 Å². The molecule has 0 aliphatic carbocycles. The lowest BCUT2D eigenvalue weighted by Gasteiger charge is -2.13. The van der Waals surface area contributed by atoms with E-state index in [1.54, 1.807) is 19.1 Å². The number of aromatic nitrogens is 2. The fourth-order valence-electron chi connectivity index (χ4n) is 2.09. The molecule has 0 aliphatic rings. The van der Waals surface area contributed by atoms with Crippen LogP contribution in [-0.4, -0.2) is 40.9 Å². The van der Waals surface area contributed by atoms with Gasteiger partial charge in [-0.05, 0) is 32.0 Å². The summed E-state index contributed by atoms with van der Waals surface area (Å²) in [6.45, 7) is 3.83. The Hall–Kier alpha value is -3.16. The number of para-hydroxylation sites is 1. The topological polar surface area (TPSA) is 99.5 Å². The fraction of sp³-hybridized carbons (Fsp3) is 0.333. The van der Waals surface area contributed by atoms with E-state index in [9.17, 15) is 14.4 Å². The summed E-state index contributed by atoms with van der Waals surface area (Å²) < 4.78 is 11.5. The molecule has 138 valence electrons. The van der Waals surface area contributed by atoms with Gasteiger partial charge in [0.15, 0.2) is 0 Å². The Morgan fingerprint density at radius 3 is 2.62 bits per heavy atom. The molecular formula is C18H21N3O5. The van der Waals surface area contributed by atoms with Crippen molar-refractivity contribution in [1.29, 1.82) is 0 Å². The number of hydrogen-bond donors (Lipinski definition) is 1. The van der Waals surface area contributed by atoms with Gasteiger partial charge in [-0.25, -0.2) is 9.48 Å². The Morgan fingerprint density at radius 2 is 1.92 bits per heavy atom. The number of carbonyl (C=O) groups excluding carboxylic acids is 2. The summed E-state index contributed by atoms with van der Waals surface area (Å²) in [5.41, 5.74) is -0.322. The lowest BCUT2D eigenvalue weighted by atomic mass is 10.3. The van der Waals surface area contributed by atoms with Gasteiger partial charge in [-0.1, -0.05) is 18.2 Å². The van der Waals surface area contributed by atoms with E-state index in [1.165, 1.54) is 19.1 Å². The van der Waals surface area contributed by atoms with Crippen molar-refractivity contribution in [2.45, 2.75) is 26.4 Å². The van der Waals surface area contributed by atoms with E-state index in [-0.39, 0.29) is 31.0 Å². The largest absolute Gasteiger partial charge is 0.492 e. The van der Waals surface area contributed by atoms with Crippen LogP contribution < -0.4 is 15.6 Å². The number of ether oxygens (including phenoxy) is 2. The van der Waals surface area contributed by atoms with Gasteiger partial charge in [0.2, 0.25) is 0 Å². The summed E-state index contributed by atoms with van der Waals surface area (Å²) in [5.74, 6) is -0.425. The SMILES string of the molecule is CCOC(=O)C(C)NC(=O)c1ccc(=O)n(CCOc2ccccc2)n1. The van der Waals surface area contributed by atoms with Gasteiger partial charge in [0.1, 0.15) is 24.1 Å². The van der Waals surface area contributed by atoms with Crippen LogP contribution in [0.5, 0.6) is 5.75 Å². The molecule has 0 saturated heterocycles. The van der Waals surface area contributed by atoms with Crippen LogP contribution in [0.2, 0.25) is 0 Å². The van der Waals surface area contributed by atoms with Crippen molar-refractivity contribution in [3.8, 4) is 5.75 Å². The van der Waals surface area contributed by atoms with Gasteiger partial charge in [0.05, 0.1) is 13.2 Å². The first kappa shape index (κ1) is 19.2. The van der Waals surface area contributed by atoms with Crippen LogP contribution in [0.15, 0.2) is 47.3 Å². The number of amides is 1. The van der Waals surface area contributed by atoms with E-state index in [0.29, 0.717) is 5.75 Å². The molecule has 2 rings (SSSR count). The summed E-state index contributed by atoms with van der Waals surface area (Å²) in [7, 11) is 0. The molecule has 1 unspecified atom stereocenters. The van der Waals surface area contributed by atoms with E-state index in [4.69, 9.17) is 9.47 Å². The van der Waals surface area contributed by atoms with Crippen LogP contribution in [-0.2, 0) is 16.1 Å². The van der Waals surface area contributed by atoms with Crippen LogP contribution in [0.3, 0.4) is 0 Å². The third-order valence-electron chi connectivity index (χ3n) is 3.40. The molecule has 1 heterocycles. The zero-order valence-electron chi connectivity index (χ0n) is 14.7. The molecule has 0 saturated carbocycles. The second kappa shape index (κ2) is 9.36. The molecule has 26 heavy (non-hydrogen) atoms. The lowest BCUT2D eigenvalue weighted by molar-refractivity contribution is -0.144. The maximum Gasteiger partial charge on any atom is 0.328 e. The third kappa shape index (κ3) is 5.44. The number of benzene rings is 1. The smallest absolute Gasteiger partial charge is 0.328 e. The van der Waals surface area contributed by atoms with Crippen molar-refractivity contribution in [2.24, 2.45) is 0 Å². The van der Waals surface area contributed by atoms with Crippen LogP contribution >= 0.6 is 0 Å². The highest BCUT2D eigenvalue weighted by molar-refractivity contribution is 5.94. The Bertz CT molecular complexity index is 804. The first-order chi connectivity index (χ1) is 12.5. The van der Waals surface area contributed by atoms with Gasteiger partial charge in [-0.2, -0.15) is 5.10 Å². The first-order valence-corrected chi connectivity index (χ1v) is 8.24. The summed E-state index contributed by atoms with van der Waals surface area (Å²) in [6, 6.07) is 10.9. The normalized spacial score (nSPS) is 11.5. The number of nitrogens with one attached hydrogen (secondary N) is 1. The van der Waals surface area contributed by atoms with Crippen molar-refractivity contribution in [2.75, 3.05) is 13.2 Å². The highest BCUT2D eigenvalue weighted by atomic mass is 16.5. The molecule has 1 atom stereocenters. The van der Waals surface area contributed by atoms with Crippen LogP contribution in [0.1, 0.15) is 24.3 Å². The highest BCUT2D eigenvalue weighted by Crippen LogP contribution is 2.07. The maximum absolute atomic E-state index is 12.2. The third-order valence-corrected chi connectivity index (χ3v) is 3.40. The summed E-state index contributed by atoms with van der Waals surface area (Å²) in [4.78, 5) is 35.7. The maximum atomic E-state index is 12.2. The molecule has 8 nitrogen and oxygen atoms in total. The van der Waals surface area contributed by atoms with Crippen molar-refractivity contribution in [3.05, 3.63) is 58.5 Å². The molecule has 8 heteroatoms. The lowest BCUT2D eigenvalue weighted by Crippen LogP contribution is -2.40. The zero-order chi connectivity index (χ0) is 18.9. The quantitative estimate of drug-likeness (QED) is 0.706. The van der Waals surface area contributed by atoms with E-state index in [2.05, 4.69) is 10.4 Å². The predicted octanol–water partition coefficient (Wildman–Crippen LogP) is 1.00. The molecule has 1 N–H and O–H groups in total. The molecular weight excluding hydrogens is 338 g/mol. The average molecular weight is 359 g/mol. The second-order valence-electron chi connectivity index (χ2n) is 5.39. The predicted molar refractivity (Wildman–Crippen MR) is 94.0 cm³/mol. The minimum atomic E-state index is -0.814. The summed E-state index contributed by atoms with van der Waals surface area (Å²) in [6.07, 6.45) is 0.